The van der Waals surface area contributed by atoms with Gasteiger partial charge in [-0.05, 0) is 42.8 Å². The van der Waals surface area contributed by atoms with Crippen LogP contribution >= 0.6 is 0 Å². The summed E-state index contributed by atoms with van der Waals surface area (Å²) < 4.78 is 36.0. The number of nitrogens with zero attached hydrogens (tertiary/aromatic N) is 1. The molecule has 0 heterocycles. The van der Waals surface area contributed by atoms with Crippen LogP contribution in [0.3, 0.4) is 0 Å². The first-order valence-electron chi connectivity index (χ1n) is 7.28. The van der Waals surface area contributed by atoms with Crippen LogP contribution in [0.1, 0.15) is 24.1 Å². The molecule has 8 heteroatoms. The Morgan fingerprint density at radius 1 is 1.20 bits per heavy atom. The SMILES string of the molecule is C[C@@H](NC(=O)Nc1ccc(F)cc1C#N)c1ccc(S(C)(=O)=O)cc1. The van der Waals surface area contributed by atoms with E-state index in [-0.39, 0.29) is 16.1 Å². The van der Waals surface area contributed by atoms with Gasteiger partial charge in [-0.15, -0.1) is 0 Å². The van der Waals surface area contributed by atoms with E-state index in [1.807, 2.05) is 6.07 Å². The number of nitrogens with one attached hydrogen (secondary N) is 2. The van der Waals surface area contributed by atoms with E-state index in [9.17, 15) is 17.6 Å². The second kappa shape index (κ2) is 7.32. The molecule has 0 aliphatic rings. The van der Waals surface area contributed by atoms with Crippen molar-refractivity contribution in [1.29, 1.82) is 5.26 Å². The van der Waals surface area contributed by atoms with Crippen molar-refractivity contribution in [2.75, 3.05) is 11.6 Å². The number of hydrogen-bond acceptors (Lipinski definition) is 4. The molecule has 2 aromatic carbocycles. The smallest absolute Gasteiger partial charge is 0.319 e. The summed E-state index contributed by atoms with van der Waals surface area (Å²) >= 11 is 0. The van der Waals surface area contributed by atoms with Crippen LogP contribution in [-0.4, -0.2) is 20.7 Å². The molecule has 0 saturated heterocycles. The third-order valence-electron chi connectivity index (χ3n) is 3.51. The minimum atomic E-state index is -3.28. The predicted octanol–water partition coefficient (Wildman–Crippen LogP) is 2.98. The maximum atomic E-state index is 13.1. The lowest BCUT2D eigenvalue weighted by Gasteiger charge is -2.16. The van der Waals surface area contributed by atoms with Crippen molar-refractivity contribution in [3.05, 3.63) is 59.4 Å². The number of urea groups is 1. The van der Waals surface area contributed by atoms with Crippen molar-refractivity contribution in [2.24, 2.45) is 0 Å². The Labute approximate surface area is 145 Å². The minimum Gasteiger partial charge on any atom is -0.331 e. The first-order valence-corrected chi connectivity index (χ1v) is 9.17. The van der Waals surface area contributed by atoms with Crippen LogP contribution in [-0.2, 0) is 9.84 Å². The van der Waals surface area contributed by atoms with E-state index in [0.717, 1.165) is 18.4 Å². The molecule has 2 amide bonds. The molecule has 2 N–H and O–H groups in total. The summed E-state index contributed by atoms with van der Waals surface area (Å²) in [6, 6.07) is 10.5. The summed E-state index contributed by atoms with van der Waals surface area (Å²) in [5, 5.41) is 14.1. The fourth-order valence-electron chi connectivity index (χ4n) is 2.16. The van der Waals surface area contributed by atoms with Gasteiger partial charge >= 0.3 is 6.03 Å². The van der Waals surface area contributed by atoms with Crippen molar-refractivity contribution < 1.29 is 17.6 Å². The van der Waals surface area contributed by atoms with E-state index < -0.39 is 27.7 Å². The van der Waals surface area contributed by atoms with Gasteiger partial charge in [-0.25, -0.2) is 17.6 Å². The Hall–Kier alpha value is -2.92. The predicted molar refractivity (Wildman–Crippen MR) is 91.2 cm³/mol. The summed E-state index contributed by atoms with van der Waals surface area (Å²) in [5.74, 6) is -0.568. The average molecular weight is 361 g/mol. The quantitative estimate of drug-likeness (QED) is 0.874. The largest absolute Gasteiger partial charge is 0.331 e. The molecule has 0 saturated carbocycles. The summed E-state index contributed by atoms with van der Waals surface area (Å²) in [6.45, 7) is 1.73. The van der Waals surface area contributed by atoms with Gasteiger partial charge in [-0.1, -0.05) is 12.1 Å². The fraction of sp³-hybridized carbons (Fsp3) is 0.176. The van der Waals surface area contributed by atoms with E-state index >= 15 is 0 Å². The third-order valence-corrected chi connectivity index (χ3v) is 4.63. The second-order valence-corrected chi connectivity index (χ2v) is 7.48. The molecule has 0 aromatic heterocycles. The zero-order chi connectivity index (χ0) is 18.6. The molecule has 25 heavy (non-hydrogen) atoms. The van der Waals surface area contributed by atoms with Gasteiger partial charge in [-0.3, -0.25) is 0 Å². The van der Waals surface area contributed by atoms with Crippen molar-refractivity contribution >= 4 is 21.6 Å². The first kappa shape index (κ1) is 18.4. The van der Waals surface area contributed by atoms with Crippen LogP contribution < -0.4 is 10.6 Å². The maximum absolute atomic E-state index is 13.1. The fourth-order valence-corrected chi connectivity index (χ4v) is 2.79. The van der Waals surface area contributed by atoms with Crippen molar-refractivity contribution in [1.82, 2.24) is 5.32 Å². The lowest BCUT2D eigenvalue weighted by Crippen LogP contribution is -2.31. The maximum Gasteiger partial charge on any atom is 0.319 e. The number of halogens is 1. The van der Waals surface area contributed by atoms with Gasteiger partial charge in [0, 0.05) is 6.26 Å². The van der Waals surface area contributed by atoms with Crippen molar-refractivity contribution in [3.8, 4) is 6.07 Å². The van der Waals surface area contributed by atoms with Crippen LogP contribution in [0, 0.1) is 17.1 Å². The number of nitriles is 1. The Morgan fingerprint density at radius 3 is 2.40 bits per heavy atom. The Balaban J connectivity index is 2.07. The molecule has 0 bridgehead atoms. The molecule has 0 spiro atoms. The van der Waals surface area contributed by atoms with Gasteiger partial charge in [-0.2, -0.15) is 5.26 Å². The molecular formula is C17H16FN3O3S. The van der Waals surface area contributed by atoms with Gasteiger partial charge in [0.15, 0.2) is 9.84 Å². The second-order valence-electron chi connectivity index (χ2n) is 5.46. The number of hydrogen-bond donors (Lipinski definition) is 2. The number of rotatable bonds is 4. The number of carbonyl (C=O) groups is 1. The zero-order valence-electron chi connectivity index (χ0n) is 13.6. The number of sulfone groups is 1. The number of carbonyl (C=O) groups excluding carboxylic acids is 1. The molecule has 2 rings (SSSR count). The van der Waals surface area contributed by atoms with Gasteiger partial charge in [0.2, 0.25) is 0 Å². The molecule has 0 radical (unpaired) electrons. The van der Waals surface area contributed by atoms with Gasteiger partial charge < -0.3 is 10.6 Å². The van der Waals surface area contributed by atoms with E-state index in [0.29, 0.717) is 5.56 Å². The molecule has 2 aromatic rings. The van der Waals surface area contributed by atoms with Crippen molar-refractivity contribution in [3.63, 3.8) is 0 Å². The van der Waals surface area contributed by atoms with E-state index in [4.69, 9.17) is 5.26 Å². The van der Waals surface area contributed by atoms with E-state index in [1.165, 1.54) is 18.2 Å². The summed E-state index contributed by atoms with van der Waals surface area (Å²) in [7, 11) is -3.28. The minimum absolute atomic E-state index is 0.0142. The lowest BCUT2D eigenvalue weighted by molar-refractivity contribution is 0.249. The highest BCUT2D eigenvalue weighted by molar-refractivity contribution is 7.90. The summed E-state index contributed by atoms with van der Waals surface area (Å²) in [4.78, 5) is 12.2. The van der Waals surface area contributed by atoms with Crippen LogP contribution in [0.5, 0.6) is 0 Å². The average Bonchev–Trinajstić information content (AvgIpc) is 2.55. The summed E-state index contributed by atoms with van der Waals surface area (Å²) in [6.07, 6.45) is 1.12. The number of anilines is 1. The highest BCUT2D eigenvalue weighted by atomic mass is 32.2. The van der Waals surface area contributed by atoms with Gasteiger partial charge in [0.25, 0.3) is 0 Å². The van der Waals surface area contributed by atoms with E-state index in [2.05, 4.69) is 10.6 Å². The van der Waals surface area contributed by atoms with E-state index in [1.54, 1.807) is 19.1 Å². The highest BCUT2D eigenvalue weighted by Crippen LogP contribution is 2.18. The molecule has 6 nitrogen and oxygen atoms in total. The number of amides is 2. The normalized spacial score (nSPS) is 12.1. The van der Waals surface area contributed by atoms with Crippen LogP contribution in [0.25, 0.3) is 0 Å². The Kier molecular flexibility index (Phi) is 5.39. The van der Waals surface area contributed by atoms with Crippen LogP contribution in [0.4, 0.5) is 14.9 Å². The molecule has 130 valence electrons. The molecular weight excluding hydrogens is 345 g/mol. The van der Waals surface area contributed by atoms with Gasteiger partial charge in [0.1, 0.15) is 11.9 Å². The Morgan fingerprint density at radius 2 is 1.84 bits per heavy atom. The standard InChI is InChI=1S/C17H16FN3O3S/c1-11(12-3-6-15(7-4-12)25(2,23)24)20-17(22)21-16-8-5-14(18)9-13(16)10-19/h3-9,11H,1-2H3,(H2,20,21,22)/t11-/m1/s1. The monoisotopic (exact) mass is 361 g/mol. The van der Waals surface area contributed by atoms with Gasteiger partial charge in [0.05, 0.1) is 22.2 Å². The molecule has 0 aliphatic heterocycles. The molecule has 0 aliphatic carbocycles. The molecule has 1 atom stereocenters. The van der Waals surface area contributed by atoms with Crippen LogP contribution in [0.15, 0.2) is 47.4 Å². The summed E-state index contributed by atoms with van der Waals surface area (Å²) in [5.41, 5.74) is 0.920. The number of benzene rings is 2. The molecule has 0 fully saturated rings. The van der Waals surface area contributed by atoms with Crippen LogP contribution in [0.2, 0.25) is 0 Å². The zero-order valence-corrected chi connectivity index (χ0v) is 14.4. The lowest BCUT2D eigenvalue weighted by atomic mass is 10.1. The topological polar surface area (TPSA) is 99.1 Å². The third kappa shape index (κ3) is 4.78. The highest BCUT2D eigenvalue weighted by Gasteiger charge is 2.13. The van der Waals surface area contributed by atoms with Crippen molar-refractivity contribution in [2.45, 2.75) is 17.9 Å². The first-order chi connectivity index (χ1) is 11.7. The Bertz CT molecular complexity index is 935. The molecule has 0 unspecified atom stereocenters.